The van der Waals surface area contributed by atoms with E-state index in [9.17, 15) is 4.79 Å². The number of amides is 1. The van der Waals surface area contributed by atoms with Crippen LogP contribution in [0.25, 0.3) is 0 Å². The van der Waals surface area contributed by atoms with Gasteiger partial charge in [0.15, 0.2) is 0 Å². The van der Waals surface area contributed by atoms with E-state index < -0.39 is 5.91 Å². The summed E-state index contributed by atoms with van der Waals surface area (Å²) in [6.07, 6.45) is 0. The van der Waals surface area contributed by atoms with Crippen molar-refractivity contribution in [1.82, 2.24) is 10.0 Å². The van der Waals surface area contributed by atoms with Crippen LogP contribution in [0.4, 0.5) is 0 Å². The summed E-state index contributed by atoms with van der Waals surface area (Å²) < 4.78 is 0. The van der Waals surface area contributed by atoms with Gasteiger partial charge in [0.25, 0.3) is 5.91 Å². The molecule has 0 radical (unpaired) electrons. The molecule has 5 heteroatoms. The minimum atomic E-state index is -0.450. The Hall–Kier alpha value is -0.940. The van der Waals surface area contributed by atoms with E-state index in [1.165, 1.54) is 11.3 Å². The maximum Gasteiger partial charge on any atom is 0.296 e. The number of hydroxylamine groups is 2. The van der Waals surface area contributed by atoms with Gasteiger partial charge in [-0.25, -0.2) is 10.0 Å². The van der Waals surface area contributed by atoms with Crippen LogP contribution in [0.1, 0.15) is 17.4 Å². The molecule has 1 aromatic rings. The van der Waals surface area contributed by atoms with Gasteiger partial charge in [-0.1, -0.05) is 0 Å². The summed E-state index contributed by atoms with van der Waals surface area (Å²) in [5.41, 5.74) is 1.84. The Morgan fingerprint density at radius 1 is 1.91 bits per heavy atom. The minimum Gasteiger partial charge on any atom is -0.286 e. The first-order valence-electron chi connectivity index (χ1n) is 3.14. The molecule has 1 heterocycles. The maximum atomic E-state index is 11.1. The second kappa shape index (κ2) is 3.45. The van der Waals surface area contributed by atoms with Crippen LogP contribution in [0.2, 0.25) is 0 Å². The number of nitrogens with zero attached hydrogens (tertiary/aromatic N) is 2. The van der Waals surface area contributed by atoms with Gasteiger partial charge in [0, 0.05) is 11.9 Å². The Morgan fingerprint density at radius 3 is 3.09 bits per heavy atom. The van der Waals surface area contributed by atoms with E-state index in [0.29, 0.717) is 10.8 Å². The van der Waals surface area contributed by atoms with Crippen LogP contribution in [-0.4, -0.2) is 27.7 Å². The predicted octanol–water partition coefficient (Wildman–Crippen LogP) is 0.994. The van der Waals surface area contributed by atoms with E-state index in [-0.39, 0.29) is 6.54 Å². The molecular weight excluding hydrogens is 164 g/mol. The molecule has 0 fully saturated rings. The van der Waals surface area contributed by atoms with E-state index in [2.05, 4.69) is 4.98 Å². The SMILES string of the molecule is CCN(O)C(=O)c1cscn1. The van der Waals surface area contributed by atoms with Crippen LogP contribution in [0.5, 0.6) is 0 Å². The van der Waals surface area contributed by atoms with Crippen molar-refractivity contribution in [3.8, 4) is 0 Å². The van der Waals surface area contributed by atoms with Gasteiger partial charge < -0.3 is 0 Å². The Labute approximate surface area is 68.1 Å². The highest BCUT2D eigenvalue weighted by Gasteiger charge is 2.12. The first-order chi connectivity index (χ1) is 5.25. The third-order valence-electron chi connectivity index (χ3n) is 1.19. The fraction of sp³-hybridized carbons (Fsp3) is 0.333. The zero-order chi connectivity index (χ0) is 8.27. The second-order valence-electron chi connectivity index (χ2n) is 1.89. The van der Waals surface area contributed by atoms with E-state index in [1.807, 2.05) is 0 Å². The number of carbonyl (C=O) groups excluding carboxylic acids is 1. The molecule has 0 saturated carbocycles. The van der Waals surface area contributed by atoms with Gasteiger partial charge in [0.1, 0.15) is 5.69 Å². The molecule has 0 unspecified atom stereocenters. The van der Waals surface area contributed by atoms with E-state index in [0.717, 1.165) is 0 Å². The number of rotatable bonds is 2. The molecule has 0 bridgehead atoms. The topological polar surface area (TPSA) is 53.4 Å². The summed E-state index contributed by atoms with van der Waals surface area (Å²) in [5.74, 6) is -0.450. The Bertz CT molecular complexity index is 235. The minimum absolute atomic E-state index is 0.274. The van der Waals surface area contributed by atoms with Gasteiger partial charge in [0.2, 0.25) is 0 Å². The van der Waals surface area contributed by atoms with Crippen molar-refractivity contribution in [3.63, 3.8) is 0 Å². The largest absolute Gasteiger partial charge is 0.296 e. The van der Waals surface area contributed by atoms with Crippen LogP contribution in [0.15, 0.2) is 10.9 Å². The average molecular weight is 172 g/mol. The molecule has 1 aromatic heterocycles. The molecule has 60 valence electrons. The molecule has 0 aliphatic rings. The molecule has 1 amide bonds. The normalized spacial score (nSPS) is 9.64. The van der Waals surface area contributed by atoms with E-state index in [4.69, 9.17) is 5.21 Å². The zero-order valence-corrected chi connectivity index (χ0v) is 6.84. The van der Waals surface area contributed by atoms with Gasteiger partial charge in [-0.3, -0.25) is 10.0 Å². The van der Waals surface area contributed by atoms with Crippen molar-refractivity contribution >= 4 is 17.2 Å². The lowest BCUT2D eigenvalue weighted by Gasteiger charge is -2.09. The van der Waals surface area contributed by atoms with Gasteiger partial charge in [0.05, 0.1) is 5.51 Å². The van der Waals surface area contributed by atoms with Gasteiger partial charge in [-0.2, -0.15) is 0 Å². The number of hydrogen-bond donors (Lipinski definition) is 1. The maximum absolute atomic E-state index is 11.1. The first-order valence-corrected chi connectivity index (χ1v) is 4.09. The van der Waals surface area contributed by atoms with Crippen LogP contribution >= 0.6 is 11.3 Å². The van der Waals surface area contributed by atoms with Crippen LogP contribution < -0.4 is 0 Å². The predicted molar refractivity (Wildman–Crippen MR) is 40.6 cm³/mol. The standard InChI is InChI=1S/C6H8N2O2S/c1-2-8(10)6(9)5-3-11-4-7-5/h3-4,10H,2H2,1H3. The quantitative estimate of drug-likeness (QED) is 0.534. The summed E-state index contributed by atoms with van der Waals surface area (Å²) in [4.78, 5) is 14.8. The lowest BCUT2D eigenvalue weighted by atomic mass is 10.4. The molecule has 0 aliphatic heterocycles. The summed E-state index contributed by atoms with van der Waals surface area (Å²) in [5, 5.41) is 11.2. The number of thiazole rings is 1. The van der Waals surface area contributed by atoms with Crippen molar-refractivity contribution in [1.29, 1.82) is 0 Å². The van der Waals surface area contributed by atoms with E-state index >= 15 is 0 Å². The summed E-state index contributed by atoms with van der Waals surface area (Å²) in [6.45, 7) is 1.96. The van der Waals surface area contributed by atoms with Crippen LogP contribution in [0, 0.1) is 0 Å². The fourth-order valence-corrected chi connectivity index (χ4v) is 1.12. The highest BCUT2D eigenvalue weighted by Crippen LogP contribution is 2.03. The van der Waals surface area contributed by atoms with Crippen LogP contribution in [-0.2, 0) is 0 Å². The van der Waals surface area contributed by atoms with Gasteiger partial charge in [-0.05, 0) is 6.92 Å². The molecule has 4 nitrogen and oxygen atoms in total. The third kappa shape index (κ3) is 1.75. The molecule has 0 spiro atoms. The second-order valence-corrected chi connectivity index (χ2v) is 2.61. The highest BCUT2D eigenvalue weighted by molar-refractivity contribution is 7.07. The molecule has 0 saturated heterocycles. The Morgan fingerprint density at radius 2 is 2.64 bits per heavy atom. The van der Waals surface area contributed by atoms with Crippen molar-refractivity contribution in [2.24, 2.45) is 0 Å². The van der Waals surface area contributed by atoms with Gasteiger partial charge >= 0.3 is 0 Å². The van der Waals surface area contributed by atoms with Crippen LogP contribution in [0.3, 0.4) is 0 Å². The Kier molecular flexibility index (Phi) is 2.56. The van der Waals surface area contributed by atoms with Crippen molar-refractivity contribution in [2.45, 2.75) is 6.92 Å². The number of carbonyl (C=O) groups is 1. The lowest BCUT2D eigenvalue weighted by Crippen LogP contribution is -2.27. The fourth-order valence-electron chi connectivity index (χ4n) is 0.594. The summed E-state index contributed by atoms with van der Waals surface area (Å²) in [7, 11) is 0. The molecular formula is C6H8N2O2S. The van der Waals surface area contributed by atoms with Crippen molar-refractivity contribution in [2.75, 3.05) is 6.54 Å². The smallest absolute Gasteiger partial charge is 0.286 e. The highest BCUT2D eigenvalue weighted by atomic mass is 32.1. The molecule has 0 aromatic carbocycles. The third-order valence-corrected chi connectivity index (χ3v) is 1.77. The molecule has 0 atom stereocenters. The molecule has 11 heavy (non-hydrogen) atoms. The summed E-state index contributed by atoms with van der Waals surface area (Å²) in [6, 6.07) is 0. The van der Waals surface area contributed by atoms with Crippen molar-refractivity contribution < 1.29 is 10.0 Å². The molecule has 1 N–H and O–H groups in total. The zero-order valence-electron chi connectivity index (χ0n) is 6.02. The Balaban J connectivity index is 2.70. The number of aromatic nitrogens is 1. The van der Waals surface area contributed by atoms with E-state index in [1.54, 1.807) is 17.8 Å². The first kappa shape index (κ1) is 8.16. The number of hydrogen-bond acceptors (Lipinski definition) is 4. The summed E-state index contributed by atoms with van der Waals surface area (Å²) >= 11 is 1.33. The van der Waals surface area contributed by atoms with Crippen molar-refractivity contribution in [3.05, 3.63) is 16.6 Å². The molecule has 0 aliphatic carbocycles. The molecule has 1 rings (SSSR count). The average Bonchev–Trinajstić information content (AvgIpc) is 2.53. The lowest BCUT2D eigenvalue weighted by molar-refractivity contribution is -0.0545. The monoisotopic (exact) mass is 172 g/mol. The van der Waals surface area contributed by atoms with Gasteiger partial charge in [-0.15, -0.1) is 11.3 Å².